The number of aryl methyl sites for hydroxylation is 9. The molecule has 8 heterocycles. The number of hydrogen-bond donors (Lipinski definition) is 8. The number of carboxylic acid groups (broad SMARTS) is 2. The van der Waals surface area contributed by atoms with Crippen LogP contribution in [-0.4, -0.2) is 106 Å². The Bertz CT molecular complexity index is 7560. The molecule has 0 saturated carbocycles. The summed E-state index contributed by atoms with van der Waals surface area (Å²) in [6.45, 7) is 9.91. The van der Waals surface area contributed by atoms with E-state index in [1.807, 2.05) is 258 Å². The molecule has 8 aromatic carbocycles. The van der Waals surface area contributed by atoms with Crippen molar-refractivity contribution in [2.45, 2.75) is 105 Å². The molecule has 10 N–H and O–H groups in total. The minimum absolute atomic E-state index is 0.137. The molecular formula is C104H87Br3N10O18S4. The smallest absolute Gasteiger partial charge is 0.353 e. The monoisotopic (exact) mass is 2130 g/mol. The van der Waals surface area contributed by atoms with Crippen LogP contribution in [0.1, 0.15) is 131 Å². The molecule has 20 rings (SSSR count). The Labute approximate surface area is 834 Å². The number of carbonyl (C=O) groups is 4. The quantitative estimate of drug-likeness (QED) is 0.0445. The van der Waals surface area contributed by atoms with Gasteiger partial charge in [-0.05, 0) is 246 Å². The zero-order chi connectivity index (χ0) is 99.6. The second-order valence-corrected chi connectivity index (χ2v) is 35.8. The van der Waals surface area contributed by atoms with Gasteiger partial charge in [-0.2, -0.15) is 33.7 Å². The van der Waals surface area contributed by atoms with Gasteiger partial charge in [-0.1, -0.05) is 241 Å². The number of primary amides is 2. The van der Waals surface area contributed by atoms with Crippen LogP contribution >= 0.6 is 47.8 Å². The third kappa shape index (κ3) is 22.9. The van der Waals surface area contributed by atoms with Crippen molar-refractivity contribution >= 4 is 118 Å². The van der Waals surface area contributed by atoms with E-state index in [1.54, 1.807) is 0 Å². The number of pyridine rings is 4. The molecule has 0 saturated heterocycles. The topological polar surface area (TPSA) is 448 Å². The summed E-state index contributed by atoms with van der Waals surface area (Å²) in [6, 6.07) is 80.7. The van der Waals surface area contributed by atoms with Crippen molar-refractivity contribution in [3.8, 4) is 90.1 Å². The van der Waals surface area contributed by atoms with Crippen molar-refractivity contribution in [2.24, 2.45) is 11.5 Å². The lowest BCUT2D eigenvalue weighted by molar-refractivity contribution is 0.0674. The summed E-state index contributed by atoms with van der Waals surface area (Å²) >= 11 is 7.71. The number of amides is 2. The molecule has 0 radical (unpaired) electrons. The number of nitrogens with two attached hydrogens (primary N) is 2. The zero-order valence-corrected chi connectivity index (χ0v) is 82.8. The van der Waals surface area contributed by atoms with E-state index in [4.69, 9.17) is 45.1 Å². The molecule has 0 fully saturated rings. The summed E-state index contributed by atoms with van der Waals surface area (Å²) < 4.78 is 75.7. The molecule has 16 aromatic rings. The molecule has 706 valence electrons. The Morgan fingerprint density at radius 1 is 0.302 bits per heavy atom. The van der Waals surface area contributed by atoms with Crippen LogP contribution in [0.3, 0.4) is 0 Å². The Kier molecular flexibility index (Phi) is 34.0. The number of aromatic amines is 4. The molecular weight excluding hydrogens is 2050 g/mol. The van der Waals surface area contributed by atoms with E-state index < -0.39 is 70.0 Å². The van der Waals surface area contributed by atoms with E-state index in [0.29, 0.717) is 97.5 Å². The number of H-pyrrole nitrogens is 4. The predicted octanol–water partition coefficient (Wildman–Crippen LogP) is 17.1. The molecule has 0 spiro atoms. The zero-order valence-electron chi connectivity index (χ0n) is 74.8. The van der Waals surface area contributed by atoms with Gasteiger partial charge in [0, 0.05) is 48.4 Å². The number of aromatic nitrogens is 8. The maximum Gasteiger partial charge on any atom is 0.353 e. The van der Waals surface area contributed by atoms with Gasteiger partial charge in [-0.25, -0.2) is 9.59 Å². The average Bonchev–Trinajstić information content (AvgIpc) is 1.60. The SMILES string of the molecule is Cc1ccc(Cn2c(C(=O)O)c(Br)c3c2-c2[nH]c(=O)c(-c4ccccc4)cc2CC3)cc1.Cc1ccc(Cn2c(C(N)=O)cc3c2-c2[nH]c(=O)c(-c4ccccc4)cc2CC3)cc1.Cc1cccc(Cn2c(C(=O)O)c(Br)c3c2-c2[nH]c(=O)c(-c4ccccc4)cc2CC3)c1.Cc1cccc(Cn2c(C(N)=O)c(Br)c3c2-c2[nH]c(=O)c(-c4ccccc4)cc2CC3)c1.O=S=O.O=S=O.O=S=O.O=S=O. The van der Waals surface area contributed by atoms with Gasteiger partial charge in [0.15, 0.2) is 0 Å². The van der Waals surface area contributed by atoms with Crippen molar-refractivity contribution in [3.63, 3.8) is 0 Å². The fourth-order valence-corrected chi connectivity index (χ4v) is 20.4. The average molecular weight is 2130 g/mol. The molecule has 0 atom stereocenters. The Hall–Kier alpha value is -14.7. The van der Waals surface area contributed by atoms with Crippen LogP contribution < -0.4 is 33.7 Å². The highest BCUT2D eigenvalue weighted by molar-refractivity contribution is 9.11. The fraction of sp³-hybridized carbons (Fsp3) is 0.154. The third-order valence-electron chi connectivity index (χ3n) is 24.1. The highest BCUT2D eigenvalue weighted by Crippen LogP contribution is 2.46. The molecule has 8 aromatic heterocycles. The van der Waals surface area contributed by atoms with Gasteiger partial charge in [0.2, 0.25) is 0 Å². The maximum absolute atomic E-state index is 13.1. The molecule has 0 aliphatic heterocycles. The van der Waals surface area contributed by atoms with Gasteiger partial charge in [0.1, 0.15) is 22.8 Å². The molecule has 139 heavy (non-hydrogen) atoms. The van der Waals surface area contributed by atoms with E-state index in [9.17, 15) is 48.6 Å². The van der Waals surface area contributed by atoms with Crippen LogP contribution in [0.5, 0.6) is 0 Å². The summed E-state index contributed by atoms with van der Waals surface area (Å²) in [5.74, 6) is -2.96. The number of carbonyl (C=O) groups excluding carboxylic acids is 2. The summed E-state index contributed by atoms with van der Waals surface area (Å²) in [5, 5.41) is 20.0. The van der Waals surface area contributed by atoms with Gasteiger partial charge in [0.25, 0.3) is 34.1 Å². The number of nitrogens with one attached hydrogen (secondary N) is 4. The van der Waals surface area contributed by atoms with E-state index in [2.05, 4.69) is 104 Å². The molecule has 4 aliphatic carbocycles. The van der Waals surface area contributed by atoms with Crippen LogP contribution in [0.15, 0.2) is 281 Å². The van der Waals surface area contributed by atoms with Crippen molar-refractivity contribution < 1.29 is 63.1 Å². The highest BCUT2D eigenvalue weighted by Gasteiger charge is 2.36. The van der Waals surface area contributed by atoms with E-state index in [0.717, 1.165) is 178 Å². The third-order valence-corrected chi connectivity index (χ3v) is 26.7. The summed E-state index contributed by atoms with van der Waals surface area (Å²) in [4.78, 5) is 114. The van der Waals surface area contributed by atoms with E-state index in [-0.39, 0.29) is 33.6 Å². The maximum atomic E-state index is 13.1. The van der Waals surface area contributed by atoms with Crippen LogP contribution in [-0.2, 0) is 124 Å². The first kappa shape index (κ1) is 102. The summed E-state index contributed by atoms with van der Waals surface area (Å²) in [6.07, 6.45) is 5.97. The predicted molar refractivity (Wildman–Crippen MR) is 544 cm³/mol. The minimum atomic E-state index is -0.997. The Morgan fingerprint density at radius 3 is 0.856 bits per heavy atom. The molecule has 35 heteroatoms. The van der Waals surface area contributed by atoms with Crippen LogP contribution in [0.2, 0.25) is 0 Å². The van der Waals surface area contributed by atoms with Crippen LogP contribution in [0.25, 0.3) is 90.1 Å². The highest BCUT2D eigenvalue weighted by atomic mass is 79.9. The molecule has 4 aliphatic rings. The lowest BCUT2D eigenvalue weighted by atomic mass is 9.92. The second kappa shape index (κ2) is 46.4. The van der Waals surface area contributed by atoms with Crippen LogP contribution in [0, 0.1) is 27.7 Å². The van der Waals surface area contributed by atoms with Gasteiger partial charge in [-0.15, -0.1) is 0 Å². The first-order valence-electron chi connectivity index (χ1n) is 43.2. The first-order chi connectivity index (χ1) is 67.0. The minimum Gasteiger partial charge on any atom is -0.477 e. The van der Waals surface area contributed by atoms with Crippen molar-refractivity contribution in [2.75, 3.05) is 0 Å². The second-order valence-electron chi connectivity index (χ2n) is 32.9. The number of rotatable bonds is 16. The fourth-order valence-electron chi connectivity index (χ4n) is 18.1. The van der Waals surface area contributed by atoms with Crippen molar-refractivity contribution in [3.05, 3.63) is 415 Å². The summed E-state index contributed by atoms with van der Waals surface area (Å²) in [7, 11) is 0. The number of halogens is 3. The number of benzene rings is 8. The molecule has 2 amide bonds. The van der Waals surface area contributed by atoms with Gasteiger partial charge in [-0.3, -0.25) is 28.8 Å². The lowest BCUT2D eigenvalue weighted by Gasteiger charge is -2.21. The molecule has 28 nitrogen and oxygen atoms in total. The number of hydrogen-bond acceptors (Lipinski definition) is 16. The first-order valence-corrected chi connectivity index (χ1v) is 48.2. The number of fused-ring (bicyclic) bond motifs is 12. The standard InChI is InChI=1S/C26H22BrN3O2.2C26H21BrN2O3.C26H23N3O2.4O2S/c1-15-6-5-7-16(12-15)14-30-23-19(21(27)24(30)25(28)31)11-10-18-13-20(26(32)29-22(18)23)17-8-3-2-4-9-17;1-15-6-5-7-16(12-15)14-29-23-19(21(27)24(29)26(31)32)11-10-18-13-20(25(30)28-22(18)23)17-8-3-2-4-9-17;1-15-7-9-16(10-8-15)14-29-23-19(21(27)24(29)26(31)32)12-11-18-13-20(25(30)28-22(18)23)17-5-3-2-4-6-17;1-16-7-9-17(10-8-16)15-29-22(25(27)30)14-20-12-11-19-13-21(18-5-3-2-4-6-18)26(31)28-23(19)24(20)29;4*1-3-2/h2-9,12-13H,10-11,14H2,1H3,(H2,28,31)(H,29,32);2-9,12-13H,10-11,14H2,1H3,(H,28,30)(H,31,32);2-10,13H,11-12,14H2,1H3,(H,28,30)(H,31,32);2-10,13-14H,11-12,15H2,1H3,(H2,27,30)(H,28,31);;;;. The lowest BCUT2D eigenvalue weighted by Crippen LogP contribution is -2.20. The largest absolute Gasteiger partial charge is 0.477 e. The number of nitrogens with zero attached hydrogens (tertiary/aromatic N) is 4. The Morgan fingerprint density at radius 2 is 0.568 bits per heavy atom. The normalized spacial score (nSPS) is 11.6. The number of aromatic carboxylic acids is 2. The molecule has 0 bridgehead atoms. The van der Waals surface area contributed by atoms with Gasteiger partial charge in [0.05, 0.1) is 59.0 Å². The van der Waals surface area contributed by atoms with Crippen molar-refractivity contribution in [1.29, 1.82) is 0 Å². The van der Waals surface area contributed by atoms with Crippen LogP contribution in [0.4, 0.5) is 0 Å². The summed E-state index contributed by atoms with van der Waals surface area (Å²) in [5.41, 5.74) is 41.3. The van der Waals surface area contributed by atoms with Gasteiger partial charge < -0.3 is 59.9 Å². The molecule has 0 unspecified atom stereocenters. The van der Waals surface area contributed by atoms with E-state index >= 15 is 0 Å². The van der Waals surface area contributed by atoms with E-state index in [1.165, 1.54) is 5.56 Å². The number of carboxylic acids is 2. The Balaban J connectivity index is 0.000000150. The van der Waals surface area contributed by atoms with Gasteiger partial charge >= 0.3 is 58.2 Å². The van der Waals surface area contributed by atoms with Crippen molar-refractivity contribution in [1.82, 2.24) is 38.2 Å².